The van der Waals surface area contributed by atoms with Gasteiger partial charge in [-0.25, -0.2) is 0 Å². The van der Waals surface area contributed by atoms with E-state index in [2.05, 4.69) is 26.2 Å². The summed E-state index contributed by atoms with van der Waals surface area (Å²) >= 11 is 3.26. The Bertz CT molecular complexity index is 356. The van der Waals surface area contributed by atoms with Gasteiger partial charge in [-0.05, 0) is 41.8 Å². The van der Waals surface area contributed by atoms with E-state index in [1.165, 1.54) is 6.20 Å². The molecule has 0 aliphatic rings. The Labute approximate surface area is 103 Å². The predicted molar refractivity (Wildman–Crippen MR) is 65.2 cm³/mol. The standard InChI is InChI=1S/C11H15BrN2O2/c1-8(15)3-2-4-14-11(16)9-5-10(12)7-13-6-9/h5-8,15H,2-4H2,1H3,(H,14,16). The topological polar surface area (TPSA) is 62.2 Å². The van der Waals surface area contributed by atoms with E-state index in [0.29, 0.717) is 18.5 Å². The van der Waals surface area contributed by atoms with Crippen LogP contribution in [0, 0.1) is 0 Å². The van der Waals surface area contributed by atoms with Crippen molar-refractivity contribution in [2.45, 2.75) is 25.9 Å². The molecule has 0 saturated heterocycles. The zero-order valence-corrected chi connectivity index (χ0v) is 10.7. The number of aliphatic hydroxyl groups excluding tert-OH is 1. The number of aliphatic hydroxyl groups is 1. The highest BCUT2D eigenvalue weighted by Crippen LogP contribution is 2.09. The molecule has 1 atom stereocenters. The molecule has 0 spiro atoms. The van der Waals surface area contributed by atoms with Crippen molar-refractivity contribution in [2.75, 3.05) is 6.54 Å². The second-order valence-corrected chi connectivity index (χ2v) is 4.55. The van der Waals surface area contributed by atoms with Crippen LogP contribution in [0.5, 0.6) is 0 Å². The van der Waals surface area contributed by atoms with Gasteiger partial charge in [-0.3, -0.25) is 9.78 Å². The minimum atomic E-state index is -0.315. The van der Waals surface area contributed by atoms with E-state index in [1.54, 1.807) is 19.2 Å². The molecule has 88 valence electrons. The molecule has 1 aromatic rings. The molecule has 1 amide bonds. The highest BCUT2D eigenvalue weighted by Gasteiger charge is 2.05. The van der Waals surface area contributed by atoms with Crippen LogP contribution in [0.3, 0.4) is 0 Å². The molecule has 0 aromatic carbocycles. The zero-order chi connectivity index (χ0) is 12.0. The maximum Gasteiger partial charge on any atom is 0.252 e. The van der Waals surface area contributed by atoms with Gasteiger partial charge in [-0.15, -0.1) is 0 Å². The Morgan fingerprint density at radius 1 is 1.62 bits per heavy atom. The minimum Gasteiger partial charge on any atom is -0.393 e. The average molecular weight is 287 g/mol. The van der Waals surface area contributed by atoms with Crippen molar-refractivity contribution >= 4 is 21.8 Å². The Morgan fingerprint density at radius 3 is 3.00 bits per heavy atom. The van der Waals surface area contributed by atoms with Crippen molar-refractivity contribution in [2.24, 2.45) is 0 Å². The number of nitrogens with zero attached hydrogens (tertiary/aromatic N) is 1. The number of carbonyl (C=O) groups excluding carboxylic acids is 1. The van der Waals surface area contributed by atoms with Gasteiger partial charge in [-0.2, -0.15) is 0 Å². The molecule has 0 radical (unpaired) electrons. The van der Waals surface area contributed by atoms with Gasteiger partial charge in [0, 0.05) is 23.4 Å². The Hall–Kier alpha value is -0.940. The first-order valence-electron chi connectivity index (χ1n) is 5.16. The normalized spacial score (nSPS) is 12.2. The Morgan fingerprint density at radius 2 is 2.38 bits per heavy atom. The van der Waals surface area contributed by atoms with Gasteiger partial charge in [0.15, 0.2) is 0 Å². The third kappa shape index (κ3) is 4.72. The van der Waals surface area contributed by atoms with Gasteiger partial charge in [-0.1, -0.05) is 0 Å². The maximum absolute atomic E-state index is 11.6. The molecule has 0 fully saturated rings. The van der Waals surface area contributed by atoms with Crippen LogP contribution < -0.4 is 5.32 Å². The molecule has 4 nitrogen and oxygen atoms in total. The van der Waals surface area contributed by atoms with E-state index < -0.39 is 0 Å². The van der Waals surface area contributed by atoms with E-state index in [-0.39, 0.29) is 12.0 Å². The lowest BCUT2D eigenvalue weighted by atomic mass is 10.2. The van der Waals surface area contributed by atoms with Crippen molar-refractivity contribution in [3.8, 4) is 0 Å². The second-order valence-electron chi connectivity index (χ2n) is 3.64. The zero-order valence-electron chi connectivity index (χ0n) is 9.11. The van der Waals surface area contributed by atoms with Crippen LogP contribution in [0.2, 0.25) is 0 Å². The highest BCUT2D eigenvalue weighted by atomic mass is 79.9. The molecule has 2 N–H and O–H groups in total. The van der Waals surface area contributed by atoms with Crippen molar-refractivity contribution < 1.29 is 9.90 Å². The maximum atomic E-state index is 11.6. The summed E-state index contributed by atoms with van der Waals surface area (Å²) in [7, 11) is 0. The number of hydrogen-bond acceptors (Lipinski definition) is 3. The molecule has 1 aromatic heterocycles. The fourth-order valence-electron chi connectivity index (χ4n) is 1.24. The lowest BCUT2D eigenvalue weighted by molar-refractivity contribution is 0.0949. The largest absolute Gasteiger partial charge is 0.393 e. The summed E-state index contributed by atoms with van der Waals surface area (Å²) < 4.78 is 0.782. The lowest BCUT2D eigenvalue weighted by Crippen LogP contribution is -2.25. The first-order chi connectivity index (χ1) is 7.59. The number of carbonyl (C=O) groups is 1. The fraction of sp³-hybridized carbons (Fsp3) is 0.455. The number of pyridine rings is 1. The SMILES string of the molecule is CC(O)CCCNC(=O)c1cncc(Br)c1. The molecule has 16 heavy (non-hydrogen) atoms. The van der Waals surface area contributed by atoms with Crippen molar-refractivity contribution in [3.05, 3.63) is 28.5 Å². The number of aromatic nitrogens is 1. The summed E-state index contributed by atoms with van der Waals surface area (Å²) in [4.78, 5) is 15.5. The minimum absolute atomic E-state index is 0.139. The van der Waals surface area contributed by atoms with Gasteiger partial charge < -0.3 is 10.4 Å². The fourth-order valence-corrected chi connectivity index (χ4v) is 1.60. The number of hydrogen-bond donors (Lipinski definition) is 2. The van der Waals surface area contributed by atoms with Gasteiger partial charge in [0.2, 0.25) is 0 Å². The predicted octanol–water partition coefficient (Wildman–Crippen LogP) is 1.73. The second kappa shape index (κ2) is 6.60. The highest BCUT2D eigenvalue weighted by molar-refractivity contribution is 9.10. The van der Waals surface area contributed by atoms with Crippen LogP contribution in [-0.4, -0.2) is 28.6 Å². The van der Waals surface area contributed by atoms with E-state index >= 15 is 0 Å². The monoisotopic (exact) mass is 286 g/mol. The molecular weight excluding hydrogens is 272 g/mol. The van der Waals surface area contributed by atoms with Gasteiger partial charge in [0.25, 0.3) is 5.91 Å². The molecular formula is C11H15BrN2O2. The third-order valence-corrected chi connectivity index (χ3v) is 2.48. The van der Waals surface area contributed by atoms with E-state index in [1.807, 2.05) is 0 Å². The number of amides is 1. The molecule has 1 heterocycles. The van der Waals surface area contributed by atoms with Crippen LogP contribution in [0.1, 0.15) is 30.1 Å². The van der Waals surface area contributed by atoms with Crippen molar-refractivity contribution in [1.82, 2.24) is 10.3 Å². The van der Waals surface area contributed by atoms with Gasteiger partial charge in [0.05, 0.1) is 11.7 Å². The van der Waals surface area contributed by atoms with Crippen molar-refractivity contribution in [3.63, 3.8) is 0 Å². The molecule has 1 rings (SSSR count). The van der Waals surface area contributed by atoms with Crippen LogP contribution in [0.25, 0.3) is 0 Å². The third-order valence-electron chi connectivity index (χ3n) is 2.05. The quantitative estimate of drug-likeness (QED) is 0.811. The van der Waals surface area contributed by atoms with Gasteiger partial charge in [0.1, 0.15) is 0 Å². The first-order valence-corrected chi connectivity index (χ1v) is 5.95. The van der Waals surface area contributed by atoms with E-state index in [9.17, 15) is 4.79 Å². The van der Waals surface area contributed by atoms with E-state index in [0.717, 1.165) is 10.9 Å². The van der Waals surface area contributed by atoms with E-state index in [4.69, 9.17) is 5.11 Å². The number of rotatable bonds is 5. The summed E-state index contributed by atoms with van der Waals surface area (Å²) in [5, 5.41) is 11.8. The summed E-state index contributed by atoms with van der Waals surface area (Å²) in [5.41, 5.74) is 0.534. The molecule has 5 heteroatoms. The smallest absolute Gasteiger partial charge is 0.252 e. The van der Waals surface area contributed by atoms with Crippen LogP contribution in [0.4, 0.5) is 0 Å². The Kier molecular flexibility index (Phi) is 5.42. The molecule has 0 bridgehead atoms. The van der Waals surface area contributed by atoms with Crippen LogP contribution in [0.15, 0.2) is 22.9 Å². The molecule has 1 unspecified atom stereocenters. The molecule has 0 aliphatic carbocycles. The van der Waals surface area contributed by atoms with Crippen molar-refractivity contribution in [1.29, 1.82) is 0 Å². The first kappa shape index (κ1) is 13.1. The summed E-state index contributed by atoms with van der Waals surface area (Å²) in [6, 6.07) is 1.72. The molecule has 0 saturated carbocycles. The Balaban J connectivity index is 2.35. The van der Waals surface area contributed by atoms with Crippen LogP contribution >= 0.6 is 15.9 Å². The van der Waals surface area contributed by atoms with Crippen LogP contribution in [-0.2, 0) is 0 Å². The van der Waals surface area contributed by atoms with Gasteiger partial charge >= 0.3 is 0 Å². The summed E-state index contributed by atoms with van der Waals surface area (Å²) in [6.07, 6.45) is 4.30. The lowest BCUT2D eigenvalue weighted by Gasteiger charge is -2.06. The molecule has 0 aliphatic heterocycles. The number of nitrogens with one attached hydrogen (secondary N) is 1. The summed E-state index contributed by atoms with van der Waals surface area (Å²) in [5.74, 6) is -0.139. The summed E-state index contributed by atoms with van der Waals surface area (Å²) in [6.45, 7) is 2.30. The number of halogens is 1. The average Bonchev–Trinajstić information content (AvgIpc) is 2.24.